The first kappa shape index (κ1) is 13.9. The second-order valence-corrected chi connectivity index (χ2v) is 4.66. The number of hydrogen-bond donors (Lipinski definition) is 2. The van der Waals surface area contributed by atoms with Gasteiger partial charge in [0.1, 0.15) is 11.5 Å². The largest absolute Gasteiger partial charge is 0.369 e. The van der Waals surface area contributed by atoms with Crippen LogP contribution in [0.3, 0.4) is 0 Å². The average Bonchev–Trinajstić information content (AvgIpc) is 2.25. The molecule has 3 N–H and O–H groups in total. The Labute approximate surface area is 105 Å². The zero-order valence-electron chi connectivity index (χ0n) is 10.6. The third-order valence-electron chi connectivity index (χ3n) is 2.63. The van der Waals surface area contributed by atoms with Crippen molar-refractivity contribution in [2.45, 2.75) is 20.8 Å². The van der Waals surface area contributed by atoms with Gasteiger partial charge in [-0.25, -0.2) is 4.98 Å². The molecule has 1 heterocycles. The summed E-state index contributed by atoms with van der Waals surface area (Å²) >= 11 is 0. The number of nitrogens with two attached hydrogens (primary N) is 1. The van der Waals surface area contributed by atoms with Gasteiger partial charge in [-0.15, -0.1) is 0 Å². The maximum Gasteiger partial charge on any atom is 0.290 e. The van der Waals surface area contributed by atoms with Gasteiger partial charge < -0.3 is 11.1 Å². The number of carbonyl (C=O) groups excluding carboxylic acids is 1. The zero-order chi connectivity index (χ0) is 13.9. The van der Waals surface area contributed by atoms with Crippen LogP contribution in [0.4, 0.5) is 11.5 Å². The third-order valence-corrected chi connectivity index (χ3v) is 2.63. The lowest BCUT2D eigenvalue weighted by Gasteiger charge is -2.21. The molecule has 0 atom stereocenters. The number of aromatic nitrogens is 1. The van der Waals surface area contributed by atoms with Crippen molar-refractivity contribution in [3.63, 3.8) is 0 Å². The monoisotopic (exact) mass is 252 g/mol. The van der Waals surface area contributed by atoms with E-state index in [0.29, 0.717) is 18.1 Å². The number of nitro groups is 1. The second kappa shape index (κ2) is 4.99. The van der Waals surface area contributed by atoms with Gasteiger partial charge in [-0.1, -0.05) is 0 Å². The summed E-state index contributed by atoms with van der Waals surface area (Å²) in [5.74, 6) is 0.0565. The first-order valence-corrected chi connectivity index (χ1v) is 5.40. The van der Waals surface area contributed by atoms with Crippen LogP contribution in [0.1, 0.15) is 19.5 Å². The van der Waals surface area contributed by atoms with Gasteiger partial charge in [-0.05, 0) is 26.8 Å². The summed E-state index contributed by atoms with van der Waals surface area (Å²) in [4.78, 5) is 25.3. The molecule has 0 aromatic carbocycles. The van der Waals surface area contributed by atoms with Crippen molar-refractivity contribution in [3.8, 4) is 0 Å². The fraction of sp³-hybridized carbons (Fsp3) is 0.455. The first-order chi connectivity index (χ1) is 8.24. The van der Waals surface area contributed by atoms with Crippen molar-refractivity contribution in [1.29, 1.82) is 0 Å². The number of pyridine rings is 1. The van der Waals surface area contributed by atoms with E-state index in [0.717, 1.165) is 0 Å². The fourth-order valence-electron chi connectivity index (χ4n) is 1.24. The van der Waals surface area contributed by atoms with Crippen LogP contribution in [-0.2, 0) is 4.79 Å². The number of nitrogens with one attached hydrogen (secondary N) is 1. The lowest BCUT2D eigenvalue weighted by molar-refractivity contribution is -0.385. The van der Waals surface area contributed by atoms with E-state index in [4.69, 9.17) is 5.73 Å². The standard InChI is InChI=1S/C11H16N4O3/c1-7-8(15(17)18)4-5-9(14-7)13-6-11(2,3)10(12)16/h4-5H,6H2,1-3H3,(H2,12,16)(H,13,14). The van der Waals surface area contributed by atoms with Gasteiger partial charge in [0.25, 0.3) is 5.69 Å². The van der Waals surface area contributed by atoms with Gasteiger partial charge >= 0.3 is 0 Å². The van der Waals surface area contributed by atoms with E-state index < -0.39 is 16.2 Å². The molecular formula is C11H16N4O3. The molecule has 0 aliphatic heterocycles. The van der Waals surface area contributed by atoms with Crippen LogP contribution in [0, 0.1) is 22.5 Å². The average molecular weight is 252 g/mol. The number of anilines is 1. The Balaban J connectivity index is 2.79. The maximum absolute atomic E-state index is 11.1. The summed E-state index contributed by atoms with van der Waals surface area (Å²) in [6.07, 6.45) is 0. The minimum Gasteiger partial charge on any atom is -0.369 e. The summed E-state index contributed by atoms with van der Waals surface area (Å²) in [5, 5.41) is 13.6. The third kappa shape index (κ3) is 3.16. The van der Waals surface area contributed by atoms with Crippen LogP contribution in [0.15, 0.2) is 12.1 Å². The van der Waals surface area contributed by atoms with Gasteiger partial charge in [-0.3, -0.25) is 14.9 Å². The molecule has 1 aromatic rings. The van der Waals surface area contributed by atoms with E-state index in [-0.39, 0.29) is 5.69 Å². The van der Waals surface area contributed by atoms with Crippen LogP contribution in [0.2, 0.25) is 0 Å². The SMILES string of the molecule is Cc1nc(NCC(C)(C)C(N)=O)ccc1[N+](=O)[O-]. The number of hydrogen-bond acceptors (Lipinski definition) is 5. The summed E-state index contributed by atoms with van der Waals surface area (Å²) in [5.41, 5.74) is 4.82. The minimum absolute atomic E-state index is 0.0327. The van der Waals surface area contributed by atoms with Gasteiger partial charge in [0.05, 0.1) is 10.3 Å². The number of carbonyl (C=O) groups is 1. The highest BCUT2D eigenvalue weighted by molar-refractivity contribution is 5.80. The van der Waals surface area contributed by atoms with Gasteiger partial charge in [-0.2, -0.15) is 0 Å². The molecule has 18 heavy (non-hydrogen) atoms. The Hall–Kier alpha value is -2.18. The van der Waals surface area contributed by atoms with Crippen molar-refractivity contribution >= 4 is 17.4 Å². The first-order valence-electron chi connectivity index (χ1n) is 5.40. The van der Waals surface area contributed by atoms with Crippen molar-refractivity contribution in [2.75, 3.05) is 11.9 Å². The minimum atomic E-state index is -0.711. The van der Waals surface area contributed by atoms with E-state index in [1.165, 1.54) is 12.1 Å². The molecule has 0 spiro atoms. The predicted molar refractivity (Wildman–Crippen MR) is 67.1 cm³/mol. The van der Waals surface area contributed by atoms with Gasteiger partial charge in [0, 0.05) is 12.6 Å². The van der Waals surface area contributed by atoms with Crippen LogP contribution in [0.25, 0.3) is 0 Å². The van der Waals surface area contributed by atoms with E-state index in [9.17, 15) is 14.9 Å². The molecule has 98 valence electrons. The highest BCUT2D eigenvalue weighted by Crippen LogP contribution is 2.19. The summed E-state index contributed by atoms with van der Waals surface area (Å²) in [6.45, 7) is 5.29. The van der Waals surface area contributed by atoms with Crippen LogP contribution >= 0.6 is 0 Å². The van der Waals surface area contributed by atoms with Crippen LogP contribution in [0.5, 0.6) is 0 Å². The molecular weight excluding hydrogens is 236 g/mol. The van der Waals surface area contributed by atoms with Gasteiger partial charge in [0.15, 0.2) is 0 Å². The lowest BCUT2D eigenvalue weighted by atomic mass is 9.93. The molecule has 0 saturated heterocycles. The molecule has 0 saturated carbocycles. The summed E-state index contributed by atoms with van der Waals surface area (Å²) in [6, 6.07) is 2.88. The van der Waals surface area contributed by atoms with Crippen molar-refractivity contribution in [1.82, 2.24) is 4.98 Å². The predicted octanol–water partition coefficient (Wildman–Crippen LogP) is 1.22. The van der Waals surface area contributed by atoms with Crippen molar-refractivity contribution in [2.24, 2.45) is 11.1 Å². The Bertz CT molecular complexity index is 485. The molecule has 0 aliphatic carbocycles. The quantitative estimate of drug-likeness (QED) is 0.604. The topological polar surface area (TPSA) is 111 Å². The molecule has 0 fully saturated rings. The Kier molecular flexibility index (Phi) is 3.85. The molecule has 1 aromatic heterocycles. The molecule has 0 radical (unpaired) electrons. The second-order valence-electron chi connectivity index (χ2n) is 4.66. The number of primary amides is 1. The molecule has 7 nitrogen and oxygen atoms in total. The Morgan fingerprint density at radius 1 is 1.56 bits per heavy atom. The van der Waals surface area contributed by atoms with Crippen molar-refractivity contribution < 1.29 is 9.72 Å². The Morgan fingerprint density at radius 3 is 2.61 bits per heavy atom. The summed E-state index contributed by atoms with van der Waals surface area (Å²) < 4.78 is 0. The zero-order valence-corrected chi connectivity index (χ0v) is 10.6. The van der Waals surface area contributed by atoms with E-state index in [1.54, 1.807) is 20.8 Å². The number of aryl methyl sites for hydroxylation is 1. The lowest BCUT2D eigenvalue weighted by Crippen LogP contribution is -2.37. The van der Waals surface area contributed by atoms with E-state index in [2.05, 4.69) is 10.3 Å². The molecule has 1 rings (SSSR count). The fourth-order valence-corrected chi connectivity index (χ4v) is 1.24. The van der Waals surface area contributed by atoms with Crippen molar-refractivity contribution in [3.05, 3.63) is 27.9 Å². The molecule has 0 aliphatic rings. The number of amides is 1. The molecule has 0 bridgehead atoms. The van der Waals surface area contributed by atoms with Gasteiger partial charge in [0.2, 0.25) is 5.91 Å². The molecule has 1 amide bonds. The number of nitrogens with zero attached hydrogens (tertiary/aromatic N) is 2. The van der Waals surface area contributed by atoms with Crippen LogP contribution < -0.4 is 11.1 Å². The Morgan fingerprint density at radius 2 is 2.17 bits per heavy atom. The van der Waals surface area contributed by atoms with Crippen LogP contribution in [-0.4, -0.2) is 22.4 Å². The van der Waals surface area contributed by atoms with E-state index in [1.807, 2.05) is 0 Å². The normalized spacial score (nSPS) is 11.1. The molecule has 7 heteroatoms. The highest BCUT2D eigenvalue weighted by atomic mass is 16.6. The van der Waals surface area contributed by atoms with E-state index >= 15 is 0 Å². The smallest absolute Gasteiger partial charge is 0.290 e. The number of rotatable bonds is 5. The summed E-state index contributed by atoms with van der Waals surface area (Å²) in [7, 11) is 0. The highest BCUT2D eigenvalue weighted by Gasteiger charge is 2.24. The maximum atomic E-state index is 11.1. The molecule has 0 unspecified atom stereocenters.